The number of carbonyl (C=O) groups is 1. The molecule has 0 saturated carbocycles. The van der Waals surface area contributed by atoms with Crippen LogP contribution < -0.4 is 0 Å². The second-order valence-corrected chi connectivity index (χ2v) is 5.22. The fourth-order valence-electron chi connectivity index (χ4n) is 1.38. The number of hydrogen-bond donors (Lipinski definition) is 2. The summed E-state index contributed by atoms with van der Waals surface area (Å²) >= 11 is 1.14. The quantitative estimate of drug-likeness (QED) is 0.733. The SMILES string of the molecule is CCn1c(SCC(=O)O)nnc1C(C)(C)CO. The Labute approximate surface area is 104 Å². The standard InChI is InChI=1S/C10H17N3O3S/c1-4-13-8(10(2,3)6-14)11-12-9(13)17-5-7(15)16/h14H,4-6H2,1-3H3,(H,15,16). The summed E-state index contributed by atoms with van der Waals surface area (Å²) in [7, 11) is 0. The van der Waals surface area contributed by atoms with Crippen molar-refractivity contribution in [1.29, 1.82) is 0 Å². The van der Waals surface area contributed by atoms with Crippen LogP contribution in [0.3, 0.4) is 0 Å². The Morgan fingerprint density at radius 1 is 1.47 bits per heavy atom. The maximum Gasteiger partial charge on any atom is 0.313 e. The molecular formula is C10H17N3O3S. The average Bonchev–Trinajstić information content (AvgIpc) is 2.69. The minimum absolute atomic E-state index is 0.0330. The number of thioether (sulfide) groups is 1. The van der Waals surface area contributed by atoms with Gasteiger partial charge in [-0.05, 0) is 6.92 Å². The highest BCUT2D eigenvalue weighted by atomic mass is 32.2. The van der Waals surface area contributed by atoms with Crippen LogP contribution in [0, 0.1) is 0 Å². The van der Waals surface area contributed by atoms with Gasteiger partial charge in [-0.3, -0.25) is 4.79 Å². The first-order valence-corrected chi connectivity index (χ1v) is 6.30. The summed E-state index contributed by atoms with van der Waals surface area (Å²) in [6, 6.07) is 0. The molecule has 0 radical (unpaired) electrons. The van der Waals surface area contributed by atoms with Crippen LogP contribution in [0.25, 0.3) is 0 Å². The number of carboxylic acid groups (broad SMARTS) is 1. The first kappa shape index (κ1) is 14.0. The molecule has 0 fully saturated rings. The van der Waals surface area contributed by atoms with Gasteiger partial charge in [-0.15, -0.1) is 10.2 Å². The molecule has 0 atom stereocenters. The molecule has 0 bridgehead atoms. The lowest BCUT2D eigenvalue weighted by Gasteiger charge is -2.21. The first-order valence-electron chi connectivity index (χ1n) is 5.31. The number of rotatable bonds is 6. The molecule has 0 aromatic carbocycles. The molecule has 1 aromatic rings. The Morgan fingerprint density at radius 2 is 2.12 bits per heavy atom. The predicted molar refractivity (Wildman–Crippen MR) is 64.2 cm³/mol. The molecule has 6 nitrogen and oxygen atoms in total. The lowest BCUT2D eigenvalue weighted by atomic mass is 9.94. The second-order valence-electron chi connectivity index (χ2n) is 4.27. The molecule has 0 unspecified atom stereocenters. The van der Waals surface area contributed by atoms with Gasteiger partial charge in [0.05, 0.1) is 12.4 Å². The third-order valence-electron chi connectivity index (χ3n) is 2.36. The molecule has 1 aromatic heterocycles. The number of hydrogen-bond acceptors (Lipinski definition) is 5. The molecule has 0 saturated heterocycles. The zero-order chi connectivity index (χ0) is 13.1. The summed E-state index contributed by atoms with van der Waals surface area (Å²) in [6.45, 7) is 6.29. The molecule has 0 aliphatic heterocycles. The zero-order valence-corrected chi connectivity index (χ0v) is 11.0. The molecule has 7 heteroatoms. The van der Waals surface area contributed by atoms with Crippen molar-refractivity contribution in [3.63, 3.8) is 0 Å². The molecule has 96 valence electrons. The minimum Gasteiger partial charge on any atom is -0.481 e. The third-order valence-corrected chi connectivity index (χ3v) is 3.31. The topological polar surface area (TPSA) is 88.2 Å². The molecule has 0 spiro atoms. The summed E-state index contributed by atoms with van der Waals surface area (Å²) in [5.41, 5.74) is -0.481. The second kappa shape index (κ2) is 5.50. The Kier molecular flexibility index (Phi) is 4.53. The fourth-order valence-corrected chi connectivity index (χ4v) is 2.10. The lowest BCUT2D eigenvalue weighted by molar-refractivity contribution is -0.133. The molecule has 17 heavy (non-hydrogen) atoms. The maximum atomic E-state index is 10.5. The van der Waals surface area contributed by atoms with E-state index in [0.717, 1.165) is 11.8 Å². The number of nitrogens with zero attached hydrogens (tertiary/aromatic N) is 3. The van der Waals surface area contributed by atoms with Crippen LogP contribution in [0.15, 0.2) is 5.16 Å². The fraction of sp³-hybridized carbons (Fsp3) is 0.700. The van der Waals surface area contributed by atoms with E-state index in [9.17, 15) is 9.90 Å². The summed E-state index contributed by atoms with van der Waals surface area (Å²) in [4.78, 5) is 10.5. The van der Waals surface area contributed by atoms with Crippen molar-refractivity contribution in [3.8, 4) is 0 Å². The maximum absolute atomic E-state index is 10.5. The number of aromatic nitrogens is 3. The van der Waals surface area contributed by atoms with Gasteiger partial charge in [0.15, 0.2) is 5.16 Å². The van der Waals surface area contributed by atoms with Crippen LogP contribution in [0.5, 0.6) is 0 Å². The van der Waals surface area contributed by atoms with E-state index in [4.69, 9.17) is 5.11 Å². The van der Waals surface area contributed by atoms with Crippen molar-refractivity contribution in [3.05, 3.63) is 5.82 Å². The summed E-state index contributed by atoms with van der Waals surface area (Å²) in [6.07, 6.45) is 0. The molecule has 0 amide bonds. The molecular weight excluding hydrogens is 242 g/mol. The number of aliphatic hydroxyl groups excluding tert-OH is 1. The lowest BCUT2D eigenvalue weighted by Crippen LogP contribution is -2.27. The number of aliphatic hydroxyl groups is 1. The van der Waals surface area contributed by atoms with Crippen LogP contribution in [-0.2, 0) is 16.8 Å². The molecule has 0 aliphatic rings. The van der Waals surface area contributed by atoms with E-state index in [-0.39, 0.29) is 12.4 Å². The van der Waals surface area contributed by atoms with Crippen molar-refractivity contribution in [2.75, 3.05) is 12.4 Å². The van der Waals surface area contributed by atoms with Gasteiger partial charge in [-0.25, -0.2) is 0 Å². The normalized spacial score (nSPS) is 11.8. The van der Waals surface area contributed by atoms with Gasteiger partial charge in [0.2, 0.25) is 0 Å². The van der Waals surface area contributed by atoms with Gasteiger partial charge in [-0.2, -0.15) is 0 Å². The average molecular weight is 259 g/mol. The van der Waals surface area contributed by atoms with Crippen molar-refractivity contribution in [2.24, 2.45) is 0 Å². The highest BCUT2D eigenvalue weighted by molar-refractivity contribution is 7.99. The van der Waals surface area contributed by atoms with Crippen LogP contribution in [0.2, 0.25) is 0 Å². The first-order chi connectivity index (χ1) is 7.92. The summed E-state index contributed by atoms with van der Waals surface area (Å²) in [5.74, 6) is -0.253. The van der Waals surface area contributed by atoms with E-state index in [0.29, 0.717) is 17.5 Å². The molecule has 1 heterocycles. The van der Waals surface area contributed by atoms with E-state index >= 15 is 0 Å². The number of aliphatic carboxylic acids is 1. The molecule has 1 rings (SSSR count). The van der Waals surface area contributed by atoms with Gasteiger partial charge in [-0.1, -0.05) is 25.6 Å². The van der Waals surface area contributed by atoms with Gasteiger partial charge < -0.3 is 14.8 Å². The molecule has 0 aliphatic carbocycles. The van der Waals surface area contributed by atoms with Crippen molar-refractivity contribution < 1.29 is 15.0 Å². The molecule has 2 N–H and O–H groups in total. The van der Waals surface area contributed by atoms with E-state index in [2.05, 4.69) is 10.2 Å². The van der Waals surface area contributed by atoms with Gasteiger partial charge in [0.1, 0.15) is 5.82 Å². The van der Waals surface area contributed by atoms with Crippen LogP contribution in [-0.4, -0.2) is 43.3 Å². The van der Waals surface area contributed by atoms with E-state index in [1.54, 1.807) is 0 Å². The zero-order valence-electron chi connectivity index (χ0n) is 10.2. The van der Waals surface area contributed by atoms with Crippen molar-refractivity contribution in [2.45, 2.75) is 37.9 Å². The van der Waals surface area contributed by atoms with E-state index in [1.165, 1.54) is 0 Å². The summed E-state index contributed by atoms with van der Waals surface area (Å²) in [5, 5.41) is 26.5. The Morgan fingerprint density at radius 3 is 2.59 bits per heavy atom. The van der Waals surface area contributed by atoms with Crippen LogP contribution in [0.4, 0.5) is 0 Å². The third kappa shape index (κ3) is 3.19. The van der Waals surface area contributed by atoms with E-state index < -0.39 is 11.4 Å². The number of carboxylic acids is 1. The highest BCUT2D eigenvalue weighted by Gasteiger charge is 2.27. The Hall–Kier alpha value is -1.08. The Balaban J connectivity index is 2.99. The minimum atomic E-state index is -0.886. The highest BCUT2D eigenvalue weighted by Crippen LogP contribution is 2.25. The Bertz CT molecular complexity index is 404. The van der Waals surface area contributed by atoms with Crippen molar-refractivity contribution >= 4 is 17.7 Å². The largest absolute Gasteiger partial charge is 0.481 e. The van der Waals surface area contributed by atoms with Crippen LogP contribution >= 0.6 is 11.8 Å². The van der Waals surface area contributed by atoms with Crippen LogP contribution in [0.1, 0.15) is 26.6 Å². The summed E-state index contributed by atoms with van der Waals surface area (Å²) < 4.78 is 1.84. The van der Waals surface area contributed by atoms with E-state index in [1.807, 2.05) is 25.3 Å². The van der Waals surface area contributed by atoms with Gasteiger partial charge in [0.25, 0.3) is 0 Å². The van der Waals surface area contributed by atoms with Gasteiger partial charge >= 0.3 is 5.97 Å². The predicted octanol–water partition coefficient (Wildman–Crippen LogP) is 0.745. The van der Waals surface area contributed by atoms with Crippen molar-refractivity contribution in [1.82, 2.24) is 14.8 Å². The van der Waals surface area contributed by atoms with Gasteiger partial charge in [0, 0.05) is 12.0 Å². The monoisotopic (exact) mass is 259 g/mol. The smallest absolute Gasteiger partial charge is 0.313 e.